The summed E-state index contributed by atoms with van der Waals surface area (Å²) in [7, 11) is 1.77. The highest BCUT2D eigenvalue weighted by Gasteiger charge is 2.32. The summed E-state index contributed by atoms with van der Waals surface area (Å²) in [6, 6.07) is 1.88. The summed E-state index contributed by atoms with van der Waals surface area (Å²) in [6.07, 6.45) is 3.54. The van der Waals surface area contributed by atoms with E-state index in [4.69, 9.17) is 0 Å². The largest absolute Gasteiger partial charge is 0.336 e. The van der Waals surface area contributed by atoms with Crippen LogP contribution in [0.15, 0.2) is 12.3 Å². The summed E-state index contributed by atoms with van der Waals surface area (Å²) in [4.78, 5) is 28.3. The van der Waals surface area contributed by atoms with Crippen LogP contribution in [0.5, 0.6) is 0 Å². The first-order valence-electron chi connectivity index (χ1n) is 7.44. The van der Waals surface area contributed by atoms with Crippen molar-refractivity contribution in [2.45, 2.75) is 18.9 Å². The van der Waals surface area contributed by atoms with Gasteiger partial charge < -0.3 is 15.1 Å². The molecule has 0 radical (unpaired) electrons. The Kier molecular flexibility index (Phi) is 5.42. The number of carbonyl (C=O) groups is 2. The number of amides is 2. The molecule has 2 amide bonds. The highest BCUT2D eigenvalue weighted by Crippen LogP contribution is 2.18. The van der Waals surface area contributed by atoms with Crippen LogP contribution in [0.2, 0.25) is 0 Å². The molecule has 7 nitrogen and oxygen atoms in total. The van der Waals surface area contributed by atoms with E-state index in [0.717, 1.165) is 32.5 Å². The molecule has 1 aromatic rings. The summed E-state index contributed by atoms with van der Waals surface area (Å²) in [5, 5.41) is 7.13. The first-order chi connectivity index (χ1) is 10.2. The van der Waals surface area contributed by atoms with Gasteiger partial charge >= 0.3 is 0 Å². The number of rotatable bonds is 2. The van der Waals surface area contributed by atoms with Gasteiger partial charge in [0, 0.05) is 45.5 Å². The molecule has 1 aromatic heterocycles. The van der Waals surface area contributed by atoms with E-state index < -0.39 is 0 Å². The third-order valence-corrected chi connectivity index (χ3v) is 4.29. The molecule has 0 aromatic carbocycles. The monoisotopic (exact) mass is 327 g/mol. The van der Waals surface area contributed by atoms with E-state index in [1.54, 1.807) is 24.0 Å². The molecule has 0 spiro atoms. The quantitative estimate of drug-likeness (QED) is 0.822. The smallest absolute Gasteiger partial charge is 0.272 e. The van der Waals surface area contributed by atoms with E-state index >= 15 is 0 Å². The third-order valence-electron chi connectivity index (χ3n) is 4.29. The number of halogens is 1. The van der Waals surface area contributed by atoms with Crippen LogP contribution >= 0.6 is 12.4 Å². The van der Waals surface area contributed by atoms with Crippen molar-refractivity contribution in [3.8, 4) is 0 Å². The number of piperazine rings is 1. The number of hydrogen-bond acceptors (Lipinski definition) is 4. The Morgan fingerprint density at radius 3 is 2.91 bits per heavy atom. The van der Waals surface area contributed by atoms with Crippen molar-refractivity contribution in [1.82, 2.24) is 24.9 Å². The summed E-state index contributed by atoms with van der Waals surface area (Å²) in [5.41, 5.74) is 0.599. The number of aryl methyl sites for hydroxylation is 1. The van der Waals surface area contributed by atoms with Gasteiger partial charge in [-0.2, -0.15) is 5.10 Å². The highest BCUT2D eigenvalue weighted by atomic mass is 35.5. The summed E-state index contributed by atoms with van der Waals surface area (Å²) in [5.74, 6) is 0.142. The Morgan fingerprint density at radius 1 is 1.41 bits per heavy atom. The molecule has 0 bridgehead atoms. The van der Waals surface area contributed by atoms with Crippen LogP contribution in [0.25, 0.3) is 0 Å². The first-order valence-corrected chi connectivity index (χ1v) is 7.44. The molecular formula is C14H22ClN5O2. The average molecular weight is 328 g/mol. The molecule has 0 aliphatic carbocycles. The number of likely N-dealkylation sites (tertiary alicyclic amines) is 1. The molecule has 3 heterocycles. The molecule has 2 fully saturated rings. The van der Waals surface area contributed by atoms with E-state index in [1.807, 2.05) is 9.80 Å². The molecular weight excluding hydrogens is 306 g/mol. The fraction of sp³-hybridized carbons (Fsp3) is 0.643. The second-order valence-corrected chi connectivity index (χ2v) is 5.65. The molecule has 1 atom stereocenters. The molecule has 122 valence electrons. The molecule has 8 heteroatoms. The van der Waals surface area contributed by atoms with Gasteiger partial charge in [-0.3, -0.25) is 14.3 Å². The number of nitrogens with zero attached hydrogens (tertiary/aromatic N) is 4. The minimum absolute atomic E-state index is 0. The van der Waals surface area contributed by atoms with Crippen molar-refractivity contribution in [2.75, 3.05) is 32.7 Å². The van der Waals surface area contributed by atoms with Gasteiger partial charge in [0.05, 0.1) is 6.54 Å². The lowest BCUT2D eigenvalue weighted by Gasteiger charge is -2.41. The summed E-state index contributed by atoms with van der Waals surface area (Å²) in [6.45, 7) is 3.35. The predicted molar refractivity (Wildman–Crippen MR) is 84.0 cm³/mol. The standard InChI is InChI=1S/C14H21N5O2.ClH/c1-17-12(4-5-16-17)14(21)18-7-2-3-11(10-18)19-8-6-15-9-13(19)20;/h4-5,11,15H,2-3,6-10H2,1H3;1H. The van der Waals surface area contributed by atoms with Crippen LogP contribution in [0.3, 0.4) is 0 Å². The van der Waals surface area contributed by atoms with Gasteiger partial charge in [0.15, 0.2) is 0 Å². The molecule has 1 unspecified atom stereocenters. The first kappa shape index (κ1) is 16.8. The second-order valence-electron chi connectivity index (χ2n) is 5.65. The molecule has 0 saturated carbocycles. The topological polar surface area (TPSA) is 70.5 Å². The van der Waals surface area contributed by atoms with E-state index in [1.165, 1.54) is 0 Å². The van der Waals surface area contributed by atoms with E-state index in [0.29, 0.717) is 18.8 Å². The molecule has 1 N–H and O–H groups in total. The van der Waals surface area contributed by atoms with Crippen LogP contribution in [-0.2, 0) is 11.8 Å². The Hall–Kier alpha value is -1.60. The van der Waals surface area contributed by atoms with Gasteiger partial charge in [-0.15, -0.1) is 12.4 Å². The zero-order valence-corrected chi connectivity index (χ0v) is 13.5. The van der Waals surface area contributed by atoms with Gasteiger partial charge in [-0.05, 0) is 18.9 Å². The summed E-state index contributed by atoms with van der Waals surface area (Å²) < 4.78 is 1.60. The number of carbonyl (C=O) groups excluding carboxylic acids is 2. The lowest BCUT2D eigenvalue weighted by atomic mass is 10.0. The molecule has 2 saturated heterocycles. The second kappa shape index (κ2) is 7.11. The van der Waals surface area contributed by atoms with Crippen molar-refractivity contribution in [3.05, 3.63) is 18.0 Å². The fourth-order valence-electron chi connectivity index (χ4n) is 3.15. The minimum atomic E-state index is 0. The van der Waals surface area contributed by atoms with Crippen LogP contribution in [0.1, 0.15) is 23.3 Å². The number of nitrogens with one attached hydrogen (secondary N) is 1. The Morgan fingerprint density at radius 2 is 2.23 bits per heavy atom. The van der Waals surface area contributed by atoms with E-state index in [-0.39, 0.29) is 30.3 Å². The van der Waals surface area contributed by atoms with E-state index in [2.05, 4.69) is 10.4 Å². The SMILES string of the molecule is Cl.Cn1nccc1C(=O)N1CCCC(N2CCNCC2=O)C1. The zero-order valence-electron chi connectivity index (χ0n) is 12.7. The molecule has 22 heavy (non-hydrogen) atoms. The number of hydrogen-bond donors (Lipinski definition) is 1. The van der Waals surface area contributed by atoms with Gasteiger partial charge in [-0.1, -0.05) is 0 Å². The highest BCUT2D eigenvalue weighted by molar-refractivity contribution is 5.92. The Labute approximate surface area is 136 Å². The number of aromatic nitrogens is 2. The van der Waals surface area contributed by atoms with Crippen LogP contribution in [0, 0.1) is 0 Å². The maximum Gasteiger partial charge on any atom is 0.272 e. The lowest BCUT2D eigenvalue weighted by molar-refractivity contribution is -0.135. The van der Waals surface area contributed by atoms with Crippen LogP contribution in [0.4, 0.5) is 0 Å². The van der Waals surface area contributed by atoms with Gasteiger partial charge in [0.2, 0.25) is 5.91 Å². The molecule has 3 rings (SSSR count). The lowest BCUT2D eigenvalue weighted by Crippen LogP contribution is -2.57. The van der Waals surface area contributed by atoms with Gasteiger partial charge in [0.25, 0.3) is 5.91 Å². The minimum Gasteiger partial charge on any atom is -0.336 e. The van der Waals surface area contributed by atoms with Crippen molar-refractivity contribution in [3.63, 3.8) is 0 Å². The van der Waals surface area contributed by atoms with Gasteiger partial charge in [-0.25, -0.2) is 0 Å². The molecule has 2 aliphatic rings. The van der Waals surface area contributed by atoms with Crippen molar-refractivity contribution >= 4 is 24.2 Å². The van der Waals surface area contributed by atoms with Gasteiger partial charge in [0.1, 0.15) is 5.69 Å². The maximum atomic E-state index is 12.5. The average Bonchev–Trinajstić information content (AvgIpc) is 2.93. The van der Waals surface area contributed by atoms with Crippen molar-refractivity contribution < 1.29 is 9.59 Å². The van der Waals surface area contributed by atoms with Crippen molar-refractivity contribution in [1.29, 1.82) is 0 Å². The Balaban J connectivity index is 0.00000176. The normalized spacial score (nSPS) is 22.4. The molecule has 2 aliphatic heterocycles. The third kappa shape index (κ3) is 3.25. The van der Waals surface area contributed by atoms with Crippen molar-refractivity contribution in [2.24, 2.45) is 7.05 Å². The van der Waals surface area contributed by atoms with Crippen LogP contribution in [-0.4, -0.2) is 70.2 Å². The zero-order chi connectivity index (χ0) is 14.8. The maximum absolute atomic E-state index is 12.5. The fourth-order valence-corrected chi connectivity index (χ4v) is 3.15. The predicted octanol–water partition coefficient (Wildman–Crippen LogP) is -0.122. The van der Waals surface area contributed by atoms with E-state index in [9.17, 15) is 9.59 Å². The summed E-state index contributed by atoms with van der Waals surface area (Å²) >= 11 is 0. The number of piperidine rings is 1. The van der Waals surface area contributed by atoms with Crippen LogP contribution < -0.4 is 5.32 Å². The Bertz CT molecular complexity index is 547.